The van der Waals surface area contributed by atoms with E-state index in [0.717, 1.165) is 63.9 Å². The van der Waals surface area contributed by atoms with E-state index < -0.39 is 0 Å². The molecule has 1 aromatic carbocycles. The molecule has 0 unspecified atom stereocenters. The number of carbonyl (C=O) groups excluding carboxylic acids is 1. The van der Waals surface area contributed by atoms with Crippen molar-refractivity contribution in [2.45, 2.75) is 53.9 Å². The van der Waals surface area contributed by atoms with Crippen LogP contribution in [-0.2, 0) is 4.79 Å². The van der Waals surface area contributed by atoms with Crippen LogP contribution in [0.4, 0.5) is 4.39 Å². The molecule has 0 aliphatic rings. The van der Waals surface area contributed by atoms with Crippen LogP contribution in [-0.4, -0.2) is 44.4 Å². The Morgan fingerprint density at radius 2 is 1.82 bits per heavy atom. The minimum atomic E-state index is 0.0149. The number of hydrogen-bond donors (Lipinski definition) is 2. The molecule has 1 amide bonds. The van der Waals surface area contributed by atoms with Gasteiger partial charge in [0.05, 0.1) is 18.8 Å². The summed E-state index contributed by atoms with van der Waals surface area (Å²) in [4.78, 5) is 13.4. The summed E-state index contributed by atoms with van der Waals surface area (Å²) in [5.41, 5.74) is 8.34. The number of alkyl halides is 1. The van der Waals surface area contributed by atoms with Crippen molar-refractivity contribution in [3.05, 3.63) is 63.2 Å². The van der Waals surface area contributed by atoms with Gasteiger partial charge in [-0.3, -0.25) is 9.18 Å². The lowest BCUT2D eigenvalue weighted by Gasteiger charge is -2.20. The minimum absolute atomic E-state index is 0.0149. The summed E-state index contributed by atoms with van der Waals surface area (Å²) in [5, 5.41) is 9.20. The number of halogens is 2. The summed E-state index contributed by atoms with van der Waals surface area (Å²) in [6.07, 6.45) is 10.6. The lowest BCUT2D eigenvalue weighted by Crippen LogP contribution is -2.31. The monoisotopic (exact) mass is 542 g/mol. The van der Waals surface area contributed by atoms with Gasteiger partial charge in [0.25, 0.3) is 0 Å². The van der Waals surface area contributed by atoms with Crippen molar-refractivity contribution in [3.63, 3.8) is 0 Å². The van der Waals surface area contributed by atoms with Crippen molar-refractivity contribution in [2.75, 3.05) is 28.4 Å². The van der Waals surface area contributed by atoms with Gasteiger partial charge >= 0.3 is 0 Å². The molecule has 0 radical (unpaired) electrons. The number of amides is 1. The van der Waals surface area contributed by atoms with Crippen LogP contribution in [0.2, 0.25) is 0 Å². The van der Waals surface area contributed by atoms with Gasteiger partial charge in [0.1, 0.15) is 5.75 Å². The Hall–Kier alpha value is -2.38. The number of nitrogens with zero attached hydrogens (tertiary/aromatic N) is 1. The summed E-state index contributed by atoms with van der Waals surface area (Å²) < 4.78 is 15.8. The van der Waals surface area contributed by atoms with Crippen molar-refractivity contribution in [3.8, 4) is 5.75 Å². The molecule has 1 rings (SSSR count). The summed E-state index contributed by atoms with van der Waals surface area (Å²) in [6, 6.07) is 4.07. The number of methoxy groups -OCH3 is 1. The van der Waals surface area contributed by atoms with Gasteiger partial charge in [0.15, 0.2) is 0 Å². The maximum Gasteiger partial charge on any atom is 0.223 e. The number of aliphatic hydroxyl groups excluding tert-OH is 1. The highest BCUT2D eigenvalue weighted by Crippen LogP contribution is 2.21. The second-order valence-corrected chi connectivity index (χ2v) is 7.61. The summed E-state index contributed by atoms with van der Waals surface area (Å²) in [6.45, 7) is 13.4. The van der Waals surface area contributed by atoms with Crippen molar-refractivity contribution < 1.29 is 19.0 Å². The van der Waals surface area contributed by atoms with E-state index in [1.54, 1.807) is 38.3 Å². The number of ether oxygens (including phenoxy) is 1. The minimum Gasteiger partial charge on any atom is -0.496 e. The number of carbonyl (C=O) groups is 1. The van der Waals surface area contributed by atoms with Gasteiger partial charge in [-0.25, -0.2) is 0 Å². The van der Waals surface area contributed by atoms with Gasteiger partial charge in [-0.05, 0) is 82.5 Å². The molecular formula is C27H44BrFN2O3. The quantitative estimate of drug-likeness (QED) is 0.463. The van der Waals surface area contributed by atoms with E-state index in [2.05, 4.69) is 42.4 Å². The van der Waals surface area contributed by atoms with E-state index in [4.69, 9.17) is 15.6 Å². The molecule has 7 heteroatoms. The Kier molecular flexibility index (Phi) is 23.9. The van der Waals surface area contributed by atoms with Crippen LogP contribution in [0.1, 0.15) is 53.9 Å². The first-order valence-electron chi connectivity index (χ1n) is 11.0. The van der Waals surface area contributed by atoms with Gasteiger partial charge < -0.3 is 20.5 Å². The first-order chi connectivity index (χ1) is 16.2. The molecule has 0 saturated heterocycles. The molecule has 34 heavy (non-hydrogen) atoms. The van der Waals surface area contributed by atoms with Crippen molar-refractivity contribution in [2.24, 2.45) is 5.73 Å². The SMILES string of the molecule is C=C/C(=C\N)CCC.CF.CO.C\C=C(/C(C)=c1/cc(Br)c(OC)c/c1=C\CC)N(C)C(C)=O. The third-order valence-corrected chi connectivity index (χ3v) is 5.28. The first-order valence-corrected chi connectivity index (χ1v) is 11.8. The molecule has 5 nitrogen and oxygen atoms in total. The average Bonchev–Trinajstić information content (AvgIpc) is 2.86. The zero-order valence-electron chi connectivity index (χ0n) is 22.3. The van der Waals surface area contributed by atoms with Gasteiger partial charge in [-0.1, -0.05) is 45.1 Å². The highest BCUT2D eigenvalue weighted by atomic mass is 79.9. The Morgan fingerprint density at radius 3 is 2.15 bits per heavy atom. The molecule has 0 spiro atoms. The third kappa shape index (κ3) is 12.8. The predicted molar refractivity (Wildman–Crippen MR) is 149 cm³/mol. The topological polar surface area (TPSA) is 75.8 Å². The van der Waals surface area contributed by atoms with Gasteiger partial charge in [0.2, 0.25) is 5.91 Å². The second kappa shape index (κ2) is 22.4. The number of hydrogen-bond acceptors (Lipinski definition) is 4. The van der Waals surface area contributed by atoms with Crippen molar-refractivity contribution >= 4 is 33.5 Å². The standard InChI is InChI=1S/C18H24BrNO2.C7H13N.CH3F.CH4O/c1-7-9-14-10-18(22-6)16(19)11-15(14)12(3)17(8-2)20(5)13(4)21;1-3-5-7(4-2)6-8;2*1-2/h8-11H,7H2,1-6H3;4,6H,2-3,5,8H2,1H3;1H3;2H,1H3/b14-9+,15-12-,17-8+;7-6+;;. The average molecular weight is 544 g/mol. The summed E-state index contributed by atoms with van der Waals surface area (Å²) >= 11 is 3.55. The van der Waals surface area contributed by atoms with Crippen LogP contribution in [0.3, 0.4) is 0 Å². The lowest BCUT2D eigenvalue weighted by atomic mass is 10.1. The van der Waals surface area contributed by atoms with E-state index in [-0.39, 0.29) is 5.91 Å². The largest absolute Gasteiger partial charge is 0.496 e. The van der Waals surface area contributed by atoms with E-state index in [9.17, 15) is 9.18 Å². The molecule has 0 aromatic heterocycles. The van der Waals surface area contributed by atoms with Gasteiger partial charge in [-0.2, -0.15) is 0 Å². The van der Waals surface area contributed by atoms with Crippen LogP contribution in [0, 0.1) is 0 Å². The van der Waals surface area contributed by atoms with Crippen LogP contribution >= 0.6 is 15.9 Å². The normalized spacial score (nSPS) is 12.1. The number of benzene rings is 1. The van der Waals surface area contributed by atoms with Crippen molar-refractivity contribution in [1.82, 2.24) is 4.90 Å². The zero-order valence-corrected chi connectivity index (χ0v) is 23.9. The van der Waals surface area contributed by atoms with Gasteiger partial charge in [0, 0.05) is 26.8 Å². The summed E-state index contributed by atoms with van der Waals surface area (Å²) in [7, 11) is 4.95. The van der Waals surface area contributed by atoms with E-state index >= 15 is 0 Å². The fourth-order valence-corrected chi connectivity index (χ4v) is 3.46. The second-order valence-electron chi connectivity index (χ2n) is 6.76. The maximum atomic E-state index is 11.7. The smallest absolute Gasteiger partial charge is 0.223 e. The van der Waals surface area contributed by atoms with Gasteiger partial charge in [-0.15, -0.1) is 0 Å². The van der Waals surface area contributed by atoms with E-state index in [1.807, 2.05) is 32.1 Å². The lowest BCUT2D eigenvalue weighted by molar-refractivity contribution is -0.125. The Balaban J connectivity index is -0.000000671. The zero-order chi connectivity index (χ0) is 27.3. The van der Waals surface area contributed by atoms with E-state index in [0.29, 0.717) is 7.18 Å². The van der Waals surface area contributed by atoms with Crippen LogP contribution in [0.15, 0.2) is 52.8 Å². The van der Waals surface area contributed by atoms with Crippen LogP contribution < -0.4 is 20.9 Å². The molecule has 0 fully saturated rings. The number of nitrogens with two attached hydrogens (primary N) is 1. The molecule has 0 aliphatic carbocycles. The molecule has 0 heterocycles. The van der Waals surface area contributed by atoms with Crippen LogP contribution in [0.5, 0.6) is 5.75 Å². The molecule has 0 bridgehead atoms. The number of aliphatic hydroxyl groups is 1. The summed E-state index contributed by atoms with van der Waals surface area (Å²) in [5.74, 6) is 0.819. The number of rotatable bonds is 7. The molecule has 0 atom stereocenters. The molecular weight excluding hydrogens is 499 g/mol. The molecule has 0 aliphatic heterocycles. The fourth-order valence-electron chi connectivity index (χ4n) is 2.95. The predicted octanol–water partition coefficient (Wildman–Crippen LogP) is 5.21. The highest BCUT2D eigenvalue weighted by molar-refractivity contribution is 9.10. The Bertz CT molecular complexity index is 909. The molecule has 3 N–H and O–H groups in total. The molecule has 1 aromatic rings. The maximum absolute atomic E-state index is 11.7. The van der Waals surface area contributed by atoms with E-state index in [1.165, 1.54) is 0 Å². The molecule has 0 saturated carbocycles. The first kappa shape index (κ1) is 36.2. The molecule has 194 valence electrons. The third-order valence-electron chi connectivity index (χ3n) is 4.66. The highest BCUT2D eigenvalue weighted by Gasteiger charge is 2.11. The fraction of sp³-hybridized carbons (Fsp3) is 0.444. The number of allylic oxidation sites excluding steroid dienone is 4. The Labute approximate surface area is 214 Å². The Morgan fingerprint density at radius 1 is 1.26 bits per heavy atom. The van der Waals surface area contributed by atoms with Crippen molar-refractivity contribution in [1.29, 1.82) is 0 Å². The van der Waals surface area contributed by atoms with Crippen LogP contribution in [0.25, 0.3) is 11.6 Å².